The fourth-order valence-electron chi connectivity index (χ4n) is 4.87. The monoisotopic (exact) mass is 650 g/mol. The lowest BCUT2D eigenvalue weighted by molar-refractivity contribution is 0.332. The summed E-state index contributed by atoms with van der Waals surface area (Å²) in [5, 5.41) is 0. The van der Waals surface area contributed by atoms with Crippen molar-refractivity contribution in [1.82, 2.24) is 0 Å². The Labute approximate surface area is 255 Å². The normalized spacial score (nSPS) is 11.6. The van der Waals surface area contributed by atoms with Crippen LogP contribution in [0, 0.1) is 58.2 Å². The summed E-state index contributed by atoms with van der Waals surface area (Å²) in [5.74, 6) is -25.3. The molecule has 12 heteroatoms. The molecule has 0 aliphatic rings. The van der Waals surface area contributed by atoms with Crippen LogP contribution >= 0.6 is 0 Å². The fourth-order valence-corrected chi connectivity index (χ4v) is 4.87. The molecule has 0 fully saturated rings. The van der Waals surface area contributed by atoms with E-state index in [1.54, 1.807) is 6.92 Å². The minimum atomic E-state index is -2.33. The lowest BCUT2D eigenvalue weighted by Crippen LogP contribution is -2.25. The topological polar surface area (TPSA) is 18.5 Å². The zero-order valence-electron chi connectivity index (χ0n) is 23.7. The molecular formula is C34H20F10O2. The summed E-state index contributed by atoms with van der Waals surface area (Å²) in [6.45, 7) is 3.76. The van der Waals surface area contributed by atoms with Crippen molar-refractivity contribution in [3.63, 3.8) is 0 Å². The molecule has 0 aromatic heterocycles. The van der Waals surface area contributed by atoms with Crippen molar-refractivity contribution in [2.24, 2.45) is 0 Å². The van der Waals surface area contributed by atoms with E-state index in [4.69, 9.17) is 9.47 Å². The maximum absolute atomic E-state index is 14.2. The van der Waals surface area contributed by atoms with Crippen LogP contribution in [0.25, 0.3) is 0 Å². The van der Waals surface area contributed by atoms with E-state index in [1.165, 1.54) is 48.5 Å². The van der Waals surface area contributed by atoms with Crippen molar-refractivity contribution in [2.45, 2.75) is 25.7 Å². The molecule has 238 valence electrons. The smallest absolute Gasteiger partial charge is 0.207 e. The van der Waals surface area contributed by atoms with Gasteiger partial charge in [0.15, 0.2) is 0 Å². The average Bonchev–Trinajstić information content (AvgIpc) is 3.08. The Morgan fingerprint density at radius 2 is 0.674 bits per heavy atom. The summed E-state index contributed by atoms with van der Waals surface area (Å²) in [5.41, 5.74) is 1.83. The first-order valence-corrected chi connectivity index (χ1v) is 13.5. The van der Waals surface area contributed by atoms with Gasteiger partial charge in [0.2, 0.25) is 69.7 Å². The Morgan fingerprint density at radius 3 is 0.957 bits per heavy atom. The molecule has 0 aliphatic carbocycles. The third-order valence-electron chi connectivity index (χ3n) is 7.58. The van der Waals surface area contributed by atoms with E-state index in [2.05, 4.69) is 0 Å². The van der Waals surface area contributed by atoms with Crippen LogP contribution in [0.1, 0.15) is 36.1 Å². The second-order valence-corrected chi connectivity index (χ2v) is 10.2. The number of hydrogen-bond acceptors (Lipinski definition) is 2. The number of rotatable bonds is 8. The molecular weight excluding hydrogens is 630 g/mol. The number of hydrogen-bond donors (Lipinski definition) is 0. The van der Waals surface area contributed by atoms with Gasteiger partial charge in [-0.1, -0.05) is 55.5 Å². The first-order chi connectivity index (χ1) is 21.8. The van der Waals surface area contributed by atoms with Gasteiger partial charge >= 0.3 is 0 Å². The van der Waals surface area contributed by atoms with Gasteiger partial charge in [-0.3, -0.25) is 0 Å². The Hall–Kier alpha value is -5.00. The Balaban J connectivity index is 1.53. The predicted molar refractivity (Wildman–Crippen MR) is 147 cm³/mol. The van der Waals surface area contributed by atoms with Gasteiger partial charge in [0.1, 0.15) is 11.5 Å². The van der Waals surface area contributed by atoms with E-state index in [0.29, 0.717) is 11.1 Å². The van der Waals surface area contributed by atoms with Crippen molar-refractivity contribution in [3.8, 4) is 23.0 Å². The van der Waals surface area contributed by atoms with Crippen LogP contribution in [0.3, 0.4) is 0 Å². The highest BCUT2D eigenvalue weighted by molar-refractivity contribution is 5.52. The number of benzene rings is 5. The molecule has 0 atom stereocenters. The lowest BCUT2D eigenvalue weighted by atomic mass is 9.71. The van der Waals surface area contributed by atoms with Gasteiger partial charge in [-0.25, -0.2) is 26.3 Å². The van der Waals surface area contributed by atoms with Crippen molar-refractivity contribution >= 4 is 0 Å². The van der Waals surface area contributed by atoms with E-state index in [-0.39, 0.29) is 11.5 Å². The first-order valence-electron chi connectivity index (χ1n) is 13.5. The van der Waals surface area contributed by atoms with Crippen LogP contribution < -0.4 is 9.47 Å². The average molecular weight is 651 g/mol. The number of halogens is 10. The molecule has 0 saturated heterocycles. The Kier molecular flexibility index (Phi) is 8.74. The molecule has 46 heavy (non-hydrogen) atoms. The van der Waals surface area contributed by atoms with Crippen molar-refractivity contribution in [2.75, 3.05) is 0 Å². The molecule has 5 rings (SSSR count). The van der Waals surface area contributed by atoms with Gasteiger partial charge in [-0.15, -0.1) is 0 Å². The second-order valence-electron chi connectivity index (χ2n) is 10.2. The summed E-state index contributed by atoms with van der Waals surface area (Å²) in [6, 6.07) is 18.5. The standard InChI is InChI=1S/C34H20F10O2/c1-3-16-4-6-17(7-5-16)34(2,18-8-12-20(13-9-18)45-32-28(41)24(37)22(35)25(38)29(32)42)19-10-14-21(15-11-19)46-33-30(43)26(39)23(36)27(40)31(33)44/h4-15H,3H2,1-2H3. The fraction of sp³-hybridized carbons (Fsp3) is 0.118. The van der Waals surface area contributed by atoms with Gasteiger partial charge in [-0.05, 0) is 59.9 Å². The summed E-state index contributed by atoms with van der Waals surface area (Å²) >= 11 is 0. The number of aryl methyl sites for hydroxylation is 1. The molecule has 0 N–H and O–H groups in total. The van der Waals surface area contributed by atoms with Crippen LogP contribution in [-0.2, 0) is 11.8 Å². The van der Waals surface area contributed by atoms with Gasteiger partial charge in [-0.2, -0.15) is 17.6 Å². The van der Waals surface area contributed by atoms with Gasteiger partial charge < -0.3 is 9.47 Å². The van der Waals surface area contributed by atoms with Crippen LogP contribution in [0.5, 0.6) is 23.0 Å². The van der Waals surface area contributed by atoms with E-state index in [1.807, 2.05) is 31.2 Å². The van der Waals surface area contributed by atoms with Gasteiger partial charge in [0.25, 0.3) is 0 Å². The predicted octanol–water partition coefficient (Wildman–Crippen LogP) is 10.6. The highest BCUT2D eigenvalue weighted by atomic mass is 19.2. The molecule has 0 aliphatic heterocycles. The second kappa shape index (κ2) is 12.4. The molecule has 2 nitrogen and oxygen atoms in total. The third-order valence-corrected chi connectivity index (χ3v) is 7.58. The SMILES string of the molecule is CCc1ccc(C(C)(c2ccc(Oc3c(F)c(F)c(F)c(F)c3F)cc2)c2ccc(Oc3c(F)c(F)c(F)c(F)c3F)cc2)cc1. The highest BCUT2D eigenvalue weighted by Crippen LogP contribution is 2.42. The summed E-state index contributed by atoms with van der Waals surface area (Å²) in [6.07, 6.45) is 0.741. The van der Waals surface area contributed by atoms with Gasteiger partial charge in [0, 0.05) is 5.41 Å². The van der Waals surface area contributed by atoms with Crippen LogP contribution in [0.15, 0.2) is 72.8 Å². The highest BCUT2D eigenvalue weighted by Gasteiger charge is 2.33. The van der Waals surface area contributed by atoms with E-state index < -0.39 is 75.1 Å². The molecule has 5 aromatic carbocycles. The zero-order chi connectivity index (χ0) is 33.5. The molecule has 0 radical (unpaired) electrons. The van der Waals surface area contributed by atoms with Crippen LogP contribution in [0.4, 0.5) is 43.9 Å². The molecule has 0 amide bonds. The Morgan fingerprint density at radius 1 is 0.413 bits per heavy atom. The van der Waals surface area contributed by atoms with E-state index >= 15 is 0 Å². The maximum Gasteiger partial charge on any atom is 0.207 e. The summed E-state index contributed by atoms with van der Waals surface area (Å²) < 4.78 is 148. The zero-order valence-corrected chi connectivity index (χ0v) is 23.7. The number of ether oxygens (including phenoxy) is 2. The molecule has 0 saturated carbocycles. The molecule has 0 spiro atoms. The van der Waals surface area contributed by atoms with E-state index in [0.717, 1.165) is 17.5 Å². The summed E-state index contributed by atoms with van der Waals surface area (Å²) in [4.78, 5) is 0. The van der Waals surface area contributed by atoms with Crippen molar-refractivity contribution in [3.05, 3.63) is 153 Å². The molecule has 0 heterocycles. The largest absolute Gasteiger partial charge is 0.451 e. The van der Waals surface area contributed by atoms with Crippen molar-refractivity contribution in [1.29, 1.82) is 0 Å². The van der Waals surface area contributed by atoms with E-state index in [9.17, 15) is 43.9 Å². The van der Waals surface area contributed by atoms with Crippen molar-refractivity contribution < 1.29 is 53.4 Å². The minimum absolute atomic E-state index is 0.248. The summed E-state index contributed by atoms with van der Waals surface area (Å²) in [7, 11) is 0. The molecule has 0 bridgehead atoms. The van der Waals surface area contributed by atoms with Crippen LogP contribution in [-0.4, -0.2) is 0 Å². The van der Waals surface area contributed by atoms with Gasteiger partial charge in [0.05, 0.1) is 0 Å². The third kappa shape index (κ3) is 5.52. The minimum Gasteiger partial charge on any atom is -0.451 e. The molecule has 5 aromatic rings. The maximum atomic E-state index is 14.2. The van der Waals surface area contributed by atoms with Crippen LogP contribution in [0.2, 0.25) is 0 Å². The first kappa shape index (κ1) is 32.4. The quantitative estimate of drug-likeness (QED) is 0.0720. The molecule has 0 unspecified atom stereocenters. The lowest BCUT2D eigenvalue weighted by Gasteiger charge is -2.32. The Bertz CT molecular complexity index is 1750.